The van der Waals surface area contributed by atoms with E-state index >= 15 is 0 Å². The largest absolute Gasteiger partial charge is 0.300 e. The lowest BCUT2D eigenvalue weighted by Gasteiger charge is -2.61. The van der Waals surface area contributed by atoms with Crippen molar-refractivity contribution < 1.29 is 4.79 Å². The van der Waals surface area contributed by atoms with Gasteiger partial charge >= 0.3 is 0 Å². The zero-order chi connectivity index (χ0) is 14.8. The van der Waals surface area contributed by atoms with Gasteiger partial charge in [-0.15, -0.1) is 0 Å². The zero-order valence-electron chi connectivity index (χ0n) is 14.2. The van der Waals surface area contributed by atoms with Crippen LogP contribution in [0.1, 0.15) is 78.6 Å². The van der Waals surface area contributed by atoms with Crippen molar-refractivity contribution in [2.75, 3.05) is 0 Å². The fourth-order valence-corrected chi connectivity index (χ4v) is 7.45. The molecule has 4 fully saturated rings. The van der Waals surface area contributed by atoms with Crippen LogP contribution in [0.15, 0.2) is 0 Å². The van der Waals surface area contributed by atoms with E-state index < -0.39 is 0 Å². The molecule has 0 aromatic rings. The van der Waals surface area contributed by atoms with Crippen LogP contribution in [0, 0.1) is 40.4 Å². The highest BCUT2D eigenvalue weighted by Gasteiger charge is 2.60. The normalized spacial score (nSPS) is 56.5. The summed E-state index contributed by atoms with van der Waals surface area (Å²) in [6.07, 6.45) is 11.8. The van der Waals surface area contributed by atoms with Crippen molar-refractivity contribution in [1.29, 1.82) is 0 Å². The first-order valence-electron chi connectivity index (χ1n) is 9.46. The summed E-state index contributed by atoms with van der Waals surface area (Å²) in [5.41, 5.74) is 0.951. The van der Waals surface area contributed by atoms with Gasteiger partial charge in [-0.2, -0.15) is 0 Å². The van der Waals surface area contributed by atoms with Gasteiger partial charge in [0.05, 0.1) is 0 Å². The van der Waals surface area contributed by atoms with Crippen LogP contribution in [0.2, 0.25) is 0 Å². The lowest BCUT2D eigenvalue weighted by atomic mass is 9.43. The van der Waals surface area contributed by atoms with E-state index in [2.05, 4.69) is 20.8 Å². The van der Waals surface area contributed by atoms with Gasteiger partial charge in [0.25, 0.3) is 0 Å². The molecule has 4 saturated carbocycles. The highest BCUT2D eigenvalue weighted by atomic mass is 16.1. The number of Topliss-reactive ketones (excluding diaryl/α,β-unsaturated/α-hetero) is 1. The Balaban J connectivity index is 1.70. The number of carbonyl (C=O) groups excluding carboxylic acids is 1. The Kier molecular flexibility index (Phi) is 3.12. The minimum absolute atomic E-state index is 0.352. The molecular formula is C20H32O. The maximum absolute atomic E-state index is 12.2. The number of ketones is 1. The summed E-state index contributed by atoms with van der Waals surface area (Å²) in [4.78, 5) is 12.2. The van der Waals surface area contributed by atoms with E-state index in [-0.39, 0.29) is 0 Å². The molecule has 1 heteroatoms. The highest BCUT2D eigenvalue weighted by Crippen LogP contribution is 2.66. The number of hydrogen-bond donors (Lipinski definition) is 0. The predicted molar refractivity (Wildman–Crippen MR) is 85.9 cm³/mol. The average molecular weight is 288 g/mol. The van der Waals surface area contributed by atoms with Crippen molar-refractivity contribution in [3.05, 3.63) is 0 Å². The second-order valence-electron chi connectivity index (χ2n) is 9.56. The van der Waals surface area contributed by atoms with Crippen LogP contribution in [0.3, 0.4) is 0 Å². The summed E-state index contributed by atoms with van der Waals surface area (Å²) in [6.45, 7) is 7.57. The summed E-state index contributed by atoms with van der Waals surface area (Å²) < 4.78 is 0. The molecule has 0 N–H and O–H groups in total. The Morgan fingerprint density at radius 2 is 1.86 bits per heavy atom. The molecule has 0 aromatic carbocycles. The van der Waals surface area contributed by atoms with Crippen LogP contribution in [-0.2, 0) is 4.79 Å². The van der Waals surface area contributed by atoms with Gasteiger partial charge in [-0.3, -0.25) is 4.79 Å². The molecule has 0 heterocycles. The van der Waals surface area contributed by atoms with Crippen molar-refractivity contribution in [3.8, 4) is 0 Å². The van der Waals surface area contributed by atoms with E-state index in [0.29, 0.717) is 22.5 Å². The Bertz CT molecular complexity index is 455. The third-order valence-electron chi connectivity index (χ3n) is 8.51. The molecule has 0 aliphatic heterocycles. The molecular weight excluding hydrogens is 256 g/mol. The van der Waals surface area contributed by atoms with E-state index in [1.807, 2.05) is 0 Å². The molecule has 21 heavy (non-hydrogen) atoms. The van der Waals surface area contributed by atoms with Crippen molar-refractivity contribution in [1.82, 2.24) is 0 Å². The number of rotatable bonds is 0. The van der Waals surface area contributed by atoms with Gasteiger partial charge in [0.2, 0.25) is 0 Å². The van der Waals surface area contributed by atoms with Crippen molar-refractivity contribution in [2.45, 2.75) is 78.6 Å². The monoisotopic (exact) mass is 288 g/mol. The highest BCUT2D eigenvalue weighted by molar-refractivity contribution is 5.82. The quantitative estimate of drug-likeness (QED) is 0.596. The van der Waals surface area contributed by atoms with Gasteiger partial charge in [-0.1, -0.05) is 33.6 Å². The van der Waals surface area contributed by atoms with Gasteiger partial charge in [-0.05, 0) is 72.5 Å². The van der Waals surface area contributed by atoms with Crippen molar-refractivity contribution in [2.24, 2.45) is 40.4 Å². The molecule has 0 radical (unpaired) electrons. The molecule has 1 nitrogen and oxygen atoms in total. The van der Waals surface area contributed by atoms with Crippen LogP contribution >= 0.6 is 0 Å². The van der Waals surface area contributed by atoms with Crippen LogP contribution in [0.5, 0.6) is 0 Å². The van der Waals surface area contributed by atoms with Gasteiger partial charge in [0.15, 0.2) is 0 Å². The van der Waals surface area contributed by atoms with E-state index in [0.717, 1.165) is 36.5 Å². The predicted octanol–water partition coefficient (Wildman–Crippen LogP) is 5.23. The zero-order valence-corrected chi connectivity index (χ0v) is 14.2. The topological polar surface area (TPSA) is 17.1 Å². The van der Waals surface area contributed by atoms with Crippen LogP contribution in [0.25, 0.3) is 0 Å². The van der Waals surface area contributed by atoms with Crippen molar-refractivity contribution in [3.63, 3.8) is 0 Å². The SMILES string of the molecule is CC1C[C@H]2CCCC[C@]2(C)[C@H]2CC[C@]3(C)CC(=O)C[C@H]3[C@H]12. The van der Waals surface area contributed by atoms with E-state index in [4.69, 9.17) is 0 Å². The van der Waals surface area contributed by atoms with E-state index in [9.17, 15) is 4.79 Å². The molecule has 118 valence electrons. The second-order valence-corrected chi connectivity index (χ2v) is 9.56. The fraction of sp³-hybridized carbons (Fsp3) is 0.950. The third-order valence-corrected chi connectivity index (χ3v) is 8.51. The molecule has 0 spiro atoms. The van der Waals surface area contributed by atoms with Gasteiger partial charge in [0, 0.05) is 12.8 Å². The summed E-state index contributed by atoms with van der Waals surface area (Å²) in [5, 5.41) is 0. The third kappa shape index (κ3) is 1.91. The molecule has 4 rings (SSSR count). The minimum Gasteiger partial charge on any atom is -0.300 e. The van der Waals surface area contributed by atoms with Crippen molar-refractivity contribution >= 4 is 5.78 Å². The Labute approximate surface area is 130 Å². The molecule has 7 atom stereocenters. The Hall–Kier alpha value is -0.330. The van der Waals surface area contributed by atoms with Gasteiger partial charge < -0.3 is 0 Å². The Morgan fingerprint density at radius 1 is 1.05 bits per heavy atom. The maximum atomic E-state index is 12.2. The first kappa shape index (κ1) is 14.3. The molecule has 0 bridgehead atoms. The summed E-state index contributed by atoms with van der Waals surface area (Å²) >= 11 is 0. The second kappa shape index (κ2) is 4.59. The molecule has 0 aromatic heterocycles. The molecule has 0 amide bonds. The van der Waals surface area contributed by atoms with E-state index in [1.54, 1.807) is 0 Å². The van der Waals surface area contributed by atoms with Gasteiger partial charge in [-0.25, -0.2) is 0 Å². The summed E-state index contributed by atoms with van der Waals surface area (Å²) in [6, 6.07) is 0. The Morgan fingerprint density at radius 3 is 2.67 bits per heavy atom. The smallest absolute Gasteiger partial charge is 0.133 e. The standard InChI is InChI=1S/C20H32O/c1-13-10-14-6-4-5-8-20(14,3)16-7-9-19(2)12-15(21)11-17(19)18(13)16/h13-14,16-18H,4-12H2,1-3H3/t13?,14-,16+,17+,18-,19-,20+/m1/s1. The number of carbonyl (C=O) groups is 1. The van der Waals surface area contributed by atoms with Crippen LogP contribution < -0.4 is 0 Å². The lowest BCUT2D eigenvalue weighted by molar-refractivity contribution is -0.128. The molecule has 1 unspecified atom stereocenters. The van der Waals surface area contributed by atoms with Crippen LogP contribution in [-0.4, -0.2) is 5.78 Å². The number of fused-ring (bicyclic) bond motifs is 5. The van der Waals surface area contributed by atoms with E-state index in [1.165, 1.54) is 44.9 Å². The average Bonchev–Trinajstić information content (AvgIpc) is 2.73. The molecule has 4 aliphatic carbocycles. The van der Waals surface area contributed by atoms with Gasteiger partial charge in [0.1, 0.15) is 5.78 Å². The van der Waals surface area contributed by atoms with Crippen LogP contribution in [0.4, 0.5) is 0 Å². The minimum atomic E-state index is 0.352. The maximum Gasteiger partial charge on any atom is 0.133 e. The first-order chi connectivity index (χ1) is 9.94. The lowest BCUT2D eigenvalue weighted by Crippen LogP contribution is -2.54. The summed E-state index contributed by atoms with van der Waals surface area (Å²) in [5.74, 6) is 4.85. The fourth-order valence-electron chi connectivity index (χ4n) is 7.45. The molecule has 4 aliphatic rings. The molecule has 0 saturated heterocycles. The first-order valence-corrected chi connectivity index (χ1v) is 9.46. The number of hydrogen-bond acceptors (Lipinski definition) is 1. The summed E-state index contributed by atoms with van der Waals surface area (Å²) in [7, 11) is 0.